The van der Waals surface area contributed by atoms with Crippen LogP contribution in [0, 0.1) is 0 Å². The van der Waals surface area contributed by atoms with Gasteiger partial charge in [-0.05, 0) is 48.0 Å². The molecule has 0 saturated heterocycles. The Bertz CT molecular complexity index is 495. The highest BCUT2D eigenvalue weighted by molar-refractivity contribution is 9.10. The lowest BCUT2D eigenvalue weighted by atomic mass is 10.1. The molecule has 4 nitrogen and oxygen atoms in total. The third-order valence-electron chi connectivity index (χ3n) is 2.97. The number of pyridine rings is 1. The summed E-state index contributed by atoms with van der Waals surface area (Å²) in [6.45, 7) is 2.96. The predicted octanol–water partition coefficient (Wildman–Crippen LogP) is 2.56. The first-order valence-electron chi connectivity index (χ1n) is 6.03. The average molecular weight is 309 g/mol. The highest BCUT2D eigenvalue weighted by Gasteiger charge is 2.18. The lowest BCUT2D eigenvalue weighted by Gasteiger charge is -2.18. The van der Waals surface area contributed by atoms with Gasteiger partial charge in [-0.1, -0.05) is 6.07 Å². The van der Waals surface area contributed by atoms with E-state index < -0.39 is 0 Å². The molecule has 0 aromatic carbocycles. The molecule has 2 aromatic rings. The number of halogens is 1. The Balaban J connectivity index is 2.25. The maximum absolute atomic E-state index is 4.36. The summed E-state index contributed by atoms with van der Waals surface area (Å²) in [5.74, 6) is 0. The Hall–Kier alpha value is -1.20. The van der Waals surface area contributed by atoms with Crippen molar-refractivity contribution in [3.63, 3.8) is 0 Å². The molecule has 5 heteroatoms. The van der Waals surface area contributed by atoms with E-state index in [1.54, 1.807) is 6.20 Å². The minimum absolute atomic E-state index is 0.228. The summed E-state index contributed by atoms with van der Waals surface area (Å²) < 4.78 is 3.06. The molecule has 2 aromatic heterocycles. The van der Waals surface area contributed by atoms with Crippen molar-refractivity contribution >= 4 is 15.9 Å². The lowest BCUT2D eigenvalue weighted by molar-refractivity contribution is 0.511. The number of nitrogens with zero attached hydrogens (tertiary/aromatic N) is 3. The number of aromatic nitrogens is 3. The van der Waals surface area contributed by atoms with E-state index in [1.165, 1.54) is 11.3 Å². The van der Waals surface area contributed by atoms with Gasteiger partial charge >= 0.3 is 0 Å². The first kappa shape index (κ1) is 13.2. The van der Waals surface area contributed by atoms with Crippen molar-refractivity contribution in [3.05, 3.63) is 46.5 Å². The van der Waals surface area contributed by atoms with Crippen molar-refractivity contribution in [1.82, 2.24) is 20.1 Å². The zero-order chi connectivity index (χ0) is 13.0. The molecule has 1 N–H and O–H groups in total. The van der Waals surface area contributed by atoms with Gasteiger partial charge in [0.2, 0.25) is 0 Å². The molecule has 1 atom stereocenters. The number of hydrogen-bond acceptors (Lipinski definition) is 3. The van der Waals surface area contributed by atoms with Crippen molar-refractivity contribution in [2.45, 2.75) is 25.9 Å². The summed E-state index contributed by atoms with van der Waals surface area (Å²) in [7, 11) is 1.97. The van der Waals surface area contributed by atoms with Crippen LogP contribution in [0.1, 0.15) is 24.2 Å². The van der Waals surface area contributed by atoms with Gasteiger partial charge in [-0.25, -0.2) is 0 Å². The molecule has 0 fully saturated rings. The molecule has 0 saturated carbocycles. The van der Waals surface area contributed by atoms with E-state index in [-0.39, 0.29) is 6.04 Å². The van der Waals surface area contributed by atoms with Crippen LogP contribution in [0.15, 0.2) is 35.2 Å². The highest BCUT2D eigenvalue weighted by Crippen LogP contribution is 2.25. The molecular formula is C13H17BrN4. The third kappa shape index (κ3) is 2.79. The molecule has 0 aliphatic rings. The van der Waals surface area contributed by atoms with Gasteiger partial charge in [0.05, 0.1) is 22.4 Å². The summed E-state index contributed by atoms with van der Waals surface area (Å²) >= 11 is 3.57. The van der Waals surface area contributed by atoms with Crippen molar-refractivity contribution in [2.75, 3.05) is 7.05 Å². The zero-order valence-corrected chi connectivity index (χ0v) is 12.2. The summed E-state index contributed by atoms with van der Waals surface area (Å²) in [6, 6.07) is 4.29. The van der Waals surface area contributed by atoms with Gasteiger partial charge in [-0.2, -0.15) is 5.10 Å². The monoisotopic (exact) mass is 308 g/mol. The highest BCUT2D eigenvalue weighted by atomic mass is 79.9. The van der Waals surface area contributed by atoms with Gasteiger partial charge in [-0.3, -0.25) is 9.67 Å². The molecule has 1 unspecified atom stereocenters. The van der Waals surface area contributed by atoms with Crippen LogP contribution in [0.3, 0.4) is 0 Å². The second-order valence-electron chi connectivity index (χ2n) is 4.10. The summed E-state index contributed by atoms with van der Waals surface area (Å²) in [6.07, 6.45) is 6.45. The number of aryl methyl sites for hydroxylation is 1. The normalized spacial score (nSPS) is 12.6. The first-order valence-corrected chi connectivity index (χ1v) is 6.83. The maximum atomic E-state index is 4.36. The third-order valence-corrected chi connectivity index (χ3v) is 3.58. The smallest absolute Gasteiger partial charge is 0.0698 e. The number of likely N-dealkylation sites (N-methyl/N-ethyl adjacent to an activating group) is 1. The molecule has 0 radical (unpaired) electrons. The minimum atomic E-state index is 0.228. The molecule has 96 valence electrons. The topological polar surface area (TPSA) is 42.7 Å². The lowest BCUT2D eigenvalue weighted by Crippen LogP contribution is -2.22. The van der Waals surface area contributed by atoms with Crippen molar-refractivity contribution < 1.29 is 0 Å². The van der Waals surface area contributed by atoms with Crippen LogP contribution in [-0.2, 0) is 13.0 Å². The Morgan fingerprint density at radius 1 is 1.44 bits per heavy atom. The quantitative estimate of drug-likeness (QED) is 0.923. The molecule has 18 heavy (non-hydrogen) atoms. The Kier molecular flexibility index (Phi) is 4.49. The first-order chi connectivity index (χ1) is 8.76. The van der Waals surface area contributed by atoms with Crippen LogP contribution in [0.5, 0.6) is 0 Å². The summed E-state index contributed by atoms with van der Waals surface area (Å²) in [5.41, 5.74) is 2.40. The van der Waals surface area contributed by atoms with Crippen LogP contribution < -0.4 is 5.32 Å². The average Bonchev–Trinajstić information content (AvgIpc) is 2.78. The number of rotatable bonds is 5. The van der Waals surface area contributed by atoms with Gasteiger partial charge in [0.1, 0.15) is 0 Å². The second kappa shape index (κ2) is 6.11. The molecule has 2 heterocycles. The molecule has 0 bridgehead atoms. The fourth-order valence-electron chi connectivity index (χ4n) is 2.06. The van der Waals surface area contributed by atoms with E-state index in [4.69, 9.17) is 0 Å². The second-order valence-corrected chi connectivity index (χ2v) is 4.95. The molecule has 0 spiro atoms. The fraction of sp³-hybridized carbons (Fsp3) is 0.385. The SMILES string of the molecule is CCn1ncc(Br)c1C(Cc1cccnc1)NC. The molecular weight excluding hydrogens is 292 g/mol. The van der Waals surface area contributed by atoms with Crippen molar-refractivity contribution in [1.29, 1.82) is 0 Å². The summed E-state index contributed by atoms with van der Waals surface area (Å²) in [4.78, 5) is 4.16. The predicted molar refractivity (Wildman–Crippen MR) is 75.3 cm³/mol. The van der Waals surface area contributed by atoms with Crippen LogP contribution in [-0.4, -0.2) is 21.8 Å². The van der Waals surface area contributed by atoms with Gasteiger partial charge in [0, 0.05) is 18.9 Å². The van der Waals surface area contributed by atoms with Gasteiger partial charge in [0.15, 0.2) is 0 Å². The van der Waals surface area contributed by atoms with Gasteiger partial charge < -0.3 is 5.32 Å². The number of hydrogen-bond donors (Lipinski definition) is 1. The minimum Gasteiger partial charge on any atom is -0.311 e. The van der Waals surface area contributed by atoms with Crippen molar-refractivity contribution in [3.8, 4) is 0 Å². The van der Waals surface area contributed by atoms with Gasteiger partial charge in [-0.15, -0.1) is 0 Å². The van der Waals surface area contributed by atoms with Crippen molar-refractivity contribution in [2.24, 2.45) is 0 Å². The summed E-state index contributed by atoms with van der Waals surface area (Å²) in [5, 5.41) is 7.71. The van der Waals surface area contributed by atoms with Crippen LogP contribution in [0.25, 0.3) is 0 Å². The van der Waals surface area contributed by atoms with Crippen LogP contribution in [0.4, 0.5) is 0 Å². The molecule has 0 amide bonds. The molecule has 0 aliphatic carbocycles. The molecule has 2 rings (SSSR count). The van der Waals surface area contributed by atoms with Gasteiger partial charge in [0.25, 0.3) is 0 Å². The molecule has 0 aliphatic heterocycles. The van der Waals surface area contributed by atoms with E-state index in [0.29, 0.717) is 0 Å². The van der Waals surface area contributed by atoms with E-state index in [1.807, 2.05) is 30.2 Å². The zero-order valence-electron chi connectivity index (χ0n) is 10.6. The van der Waals surface area contributed by atoms with E-state index >= 15 is 0 Å². The Morgan fingerprint density at radius 2 is 2.28 bits per heavy atom. The largest absolute Gasteiger partial charge is 0.311 e. The van der Waals surface area contributed by atoms with Crippen LogP contribution in [0.2, 0.25) is 0 Å². The van der Waals surface area contributed by atoms with Crippen LogP contribution >= 0.6 is 15.9 Å². The van der Waals surface area contributed by atoms with E-state index in [9.17, 15) is 0 Å². The maximum Gasteiger partial charge on any atom is 0.0698 e. The van der Waals surface area contributed by atoms with E-state index in [2.05, 4.69) is 44.3 Å². The fourth-order valence-corrected chi connectivity index (χ4v) is 2.63. The Morgan fingerprint density at radius 3 is 2.89 bits per heavy atom. The number of nitrogens with one attached hydrogen (secondary N) is 1. The Labute approximate surface area is 116 Å². The standard InChI is InChI=1S/C13H17BrN4/c1-3-18-13(11(14)9-17-18)12(15-2)7-10-5-4-6-16-8-10/h4-6,8-9,12,15H,3,7H2,1-2H3. The van der Waals surface area contributed by atoms with E-state index in [0.717, 1.165) is 17.4 Å².